The lowest BCUT2D eigenvalue weighted by molar-refractivity contribution is 0.0919. The summed E-state index contributed by atoms with van der Waals surface area (Å²) in [6.07, 6.45) is 4.00. The second kappa shape index (κ2) is 7.16. The summed E-state index contributed by atoms with van der Waals surface area (Å²) in [5, 5.41) is 14.6. The van der Waals surface area contributed by atoms with Gasteiger partial charge in [-0.3, -0.25) is 14.7 Å². The van der Waals surface area contributed by atoms with E-state index in [0.29, 0.717) is 18.9 Å². The van der Waals surface area contributed by atoms with Gasteiger partial charge in [0.15, 0.2) is 0 Å². The van der Waals surface area contributed by atoms with Crippen LogP contribution in [0.5, 0.6) is 0 Å². The van der Waals surface area contributed by atoms with Gasteiger partial charge >= 0.3 is 0 Å². The van der Waals surface area contributed by atoms with E-state index in [4.69, 9.17) is 4.74 Å². The first-order chi connectivity index (χ1) is 13.3. The van der Waals surface area contributed by atoms with E-state index < -0.39 is 0 Å². The average Bonchev–Trinajstić information content (AvgIpc) is 3.30. The molecule has 0 bridgehead atoms. The predicted molar refractivity (Wildman–Crippen MR) is 104 cm³/mol. The van der Waals surface area contributed by atoms with E-state index in [2.05, 4.69) is 41.4 Å². The molecule has 4 rings (SSSR count). The maximum Gasteiger partial charge on any atom is 0.272 e. The van der Waals surface area contributed by atoms with Gasteiger partial charge in [0.05, 0.1) is 24.9 Å². The van der Waals surface area contributed by atoms with Gasteiger partial charge in [0, 0.05) is 17.2 Å². The van der Waals surface area contributed by atoms with E-state index in [-0.39, 0.29) is 29.0 Å². The number of nitrogens with one attached hydrogen (secondary N) is 2. The highest BCUT2D eigenvalue weighted by Gasteiger charge is 2.34. The normalized spacial score (nSPS) is 22.1. The van der Waals surface area contributed by atoms with Crippen molar-refractivity contribution < 1.29 is 9.53 Å². The van der Waals surface area contributed by atoms with E-state index >= 15 is 0 Å². The zero-order valence-electron chi connectivity index (χ0n) is 16.6. The number of ether oxygens (including phenoxy) is 1. The number of amides is 1. The fourth-order valence-corrected chi connectivity index (χ4v) is 3.80. The van der Waals surface area contributed by atoms with E-state index in [1.54, 1.807) is 12.1 Å². The SMILES string of the molecule is CC(C)(C)c1cc(C(=O)NC2COCC2n2nc3c(cc2=O)CCCC3)n[nH]1. The highest BCUT2D eigenvalue weighted by Crippen LogP contribution is 2.23. The Labute approximate surface area is 163 Å². The minimum atomic E-state index is -0.325. The van der Waals surface area contributed by atoms with Gasteiger partial charge in [-0.25, -0.2) is 4.68 Å². The Morgan fingerprint density at radius 1 is 1.25 bits per heavy atom. The molecule has 0 spiro atoms. The van der Waals surface area contributed by atoms with Crippen LogP contribution in [0.4, 0.5) is 0 Å². The Bertz CT molecular complexity index is 940. The van der Waals surface area contributed by atoms with Crippen LogP contribution in [0.3, 0.4) is 0 Å². The zero-order chi connectivity index (χ0) is 19.9. The Morgan fingerprint density at radius 3 is 2.79 bits per heavy atom. The van der Waals surface area contributed by atoms with Gasteiger partial charge in [-0.2, -0.15) is 10.2 Å². The summed E-state index contributed by atoms with van der Waals surface area (Å²) >= 11 is 0. The molecule has 2 aromatic rings. The van der Waals surface area contributed by atoms with Gasteiger partial charge in [0.2, 0.25) is 0 Å². The van der Waals surface area contributed by atoms with Crippen LogP contribution < -0.4 is 10.9 Å². The molecule has 1 amide bonds. The van der Waals surface area contributed by atoms with Crippen molar-refractivity contribution in [3.63, 3.8) is 0 Å². The Kier molecular flexibility index (Phi) is 4.82. The number of aromatic amines is 1. The number of nitrogens with zero attached hydrogens (tertiary/aromatic N) is 3. The smallest absolute Gasteiger partial charge is 0.272 e. The zero-order valence-corrected chi connectivity index (χ0v) is 16.6. The lowest BCUT2D eigenvalue weighted by atomic mass is 9.92. The molecule has 2 unspecified atom stereocenters. The van der Waals surface area contributed by atoms with Crippen LogP contribution in [0.1, 0.15) is 67.1 Å². The third-order valence-corrected chi connectivity index (χ3v) is 5.53. The molecule has 8 nitrogen and oxygen atoms in total. The van der Waals surface area contributed by atoms with Crippen LogP contribution in [-0.4, -0.2) is 45.1 Å². The van der Waals surface area contributed by atoms with Gasteiger partial charge in [-0.05, 0) is 37.3 Å². The topological polar surface area (TPSA) is 102 Å². The first-order valence-electron chi connectivity index (χ1n) is 9.89. The highest BCUT2D eigenvalue weighted by molar-refractivity contribution is 5.92. The van der Waals surface area contributed by atoms with Gasteiger partial charge in [-0.15, -0.1) is 0 Å². The first-order valence-corrected chi connectivity index (χ1v) is 9.89. The molecule has 2 aliphatic rings. The van der Waals surface area contributed by atoms with Crippen molar-refractivity contribution in [2.75, 3.05) is 13.2 Å². The third-order valence-electron chi connectivity index (χ3n) is 5.53. The Balaban J connectivity index is 1.53. The van der Waals surface area contributed by atoms with Crippen LogP contribution in [0, 0.1) is 0 Å². The van der Waals surface area contributed by atoms with E-state index in [1.807, 2.05) is 0 Å². The fourth-order valence-electron chi connectivity index (χ4n) is 3.80. The minimum absolute atomic E-state index is 0.120. The number of carbonyl (C=O) groups is 1. The average molecular weight is 385 g/mol. The summed E-state index contributed by atoms with van der Waals surface area (Å²) in [6, 6.07) is 2.82. The number of carbonyl (C=O) groups excluding carboxylic acids is 1. The quantitative estimate of drug-likeness (QED) is 0.834. The van der Waals surface area contributed by atoms with Crippen LogP contribution in [-0.2, 0) is 23.0 Å². The molecule has 2 atom stereocenters. The first kappa shape index (κ1) is 18.9. The standard InChI is InChI=1S/C20H27N5O3/c1-20(2,3)17-9-14(22-23-17)19(27)21-15-10-28-11-16(15)25-18(26)8-12-6-4-5-7-13(12)24-25/h8-9,15-16H,4-7,10-11H2,1-3H3,(H,21,27)(H,22,23). The number of hydrogen-bond acceptors (Lipinski definition) is 5. The van der Waals surface area contributed by atoms with Gasteiger partial charge < -0.3 is 10.1 Å². The van der Waals surface area contributed by atoms with Crippen molar-refractivity contribution in [1.29, 1.82) is 0 Å². The van der Waals surface area contributed by atoms with Crippen molar-refractivity contribution in [3.8, 4) is 0 Å². The maximum absolute atomic E-state index is 12.7. The molecule has 150 valence electrons. The molecule has 1 aliphatic carbocycles. The highest BCUT2D eigenvalue weighted by atomic mass is 16.5. The van der Waals surface area contributed by atoms with Gasteiger partial charge in [-0.1, -0.05) is 20.8 Å². The number of rotatable bonds is 3. The summed E-state index contributed by atoms with van der Waals surface area (Å²) in [5.41, 5.74) is 3.02. The molecule has 1 saturated heterocycles. The summed E-state index contributed by atoms with van der Waals surface area (Å²) in [4.78, 5) is 25.3. The molecule has 1 aliphatic heterocycles. The number of aryl methyl sites for hydroxylation is 2. The van der Waals surface area contributed by atoms with Crippen LogP contribution in [0.2, 0.25) is 0 Å². The molecule has 1 fully saturated rings. The van der Waals surface area contributed by atoms with Crippen molar-refractivity contribution in [3.05, 3.63) is 45.1 Å². The summed E-state index contributed by atoms with van der Waals surface area (Å²) in [6.45, 7) is 6.86. The van der Waals surface area contributed by atoms with Crippen LogP contribution in [0.15, 0.2) is 16.9 Å². The molecule has 2 aromatic heterocycles. The number of H-pyrrole nitrogens is 1. The second-order valence-corrected chi connectivity index (χ2v) is 8.71. The number of aromatic nitrogens is 4. The minimum Gasteiger partial charge on any atom is -0.377 e. The monoisotopic (exact) mass is 385 g/mol. The van der Waals surface area contributed by atoms with Crippen molar-refractivity contribution >= 4 is 5.91 Å². The lowest BCUT2D eigenvalue weighted by Gasteiger charge is -2.22. The van der Waals surface area contributed by atoms with Crippen molar-refractivity contribution in [2.24, 2.45) is 0 Å². The van der Waals surface area contributed by atoms with Crippen molar-refractivity contribution in [2.45, 2.75) is 64.0 Å². The maximum atomic E-state index is 12.7. The van der Waals surface area contributed by atoms with E-state index in [1.165, 1.54) is 4.68 Å². The number of hydrogen-bond donors (Lipinski definition) is 2. The fraction of sp³-hybridized carbons (Fsp3) is 0.600. The third kappa shape index (κ3) is 3.61. The predicted octanol–water partition coefficient (Wildman–Crippen LogP) is 1.51. The molecule has 28 heavy (non-hydrogen) atoms. The molecule has 0 aromatic carbocycles. The lowest BCUT2D eigenvalue weighted by Crippen LogP contribution is -2.44. The largest absolute Gasteiger partial charge is 0.377 e. The summed E-state index contributed by atoms with van der Waals surface area (Å²) in [5.74, 6) is -0.279. The number of fused-ring (bicyclic) bond motifs is 1. The van der Waals surface area contributed by atoms with Gasteiger partial charge in [0.25, 0.3) is 11.5 Å². The Hall–Kier alpha value is -2.48. The molecule has 3 heterocycles. The Morgan fingerprint density at radius 2 is 2.04 bits per heavy atom. The summed E-state index contributed by atoms with van der Waals surface area (Å²) in [7, 11) is 0. The molecular formula is C20H27N5O3. The molecular weight excluding hydrogens is 358 g/mol. The van der Waals surface area contributed by atoms with Crippen LogP contribution in [0.25, 0.3) is 0 Å². The van der Waals surface area contributed by atoms with Gasteiger partial charge in [0.1, 0.15) is 11.7 Å². The van der Waals surface area contributed by atoms with E-state index in [0.717, 1.165) is 42.6 Å². The van der Waals surface area contributed by atoms with Crippen LogP contribution >= 0.6 is 0 Å². The molecule has 0 saturated carbocycles. The molecule has 0 radical (unpaired) electrons. The summed E-state index contributed by atoms with van der Waals surface area (Å²) < 4.78 is 7.07. The van der Waals surface area contributed by atoms with E-state index in [9.17, 15) is 9.59 Å². The molecule has 2 N–H and O–H groups in total. The van der Waals surface area contributed by atoms with Crippen molar-refractivity contribution in [1.82, 2.24) is 25.3 Å². The molecule has 8 heteroatoms. The second-order valence-electron chi connectivity index (χ2n) is 8.71.